The van der Waals surface area contributed by atoms with Crippen LogP contribution in [0.5, 0.6) is 0 Å². The van der Waals surface area contributed by atoms with Crippen LogP contribution in [0.25, 0.3) is 5.65 Å². The molecule has 0 radical (unpaired) electrons. The molecule has 0 aromatic carbocycles. The van der Waals surface area contributed by atoms with E-state index in [-0.39, 0.29) is 12.2 Å². The SMILES string of the molecule is NCc1nnc(SCCn2nc3ccccn3c2=O)o1. The highest BCUT2D eigenvalue weighted by atomic mass is 32.2. The number of nitrogens with zero attached hydrogens (tertiary/aromatic N) is 5. The second-order valence-corrected chi connectivity index (χ2v) is 5.00. The van der Waals surface area contributed by atoms with Crippen molar-refractivity contribution in [3.63, 3.8) is 0 Å². The van der Waals surface area contributed by atoms with Crippen LogP contribution in [-0.2, 0) is 13.1 Å². The van der Waals surface area contributed by atoms with Crippen LogP contribution < -0.4 is 11.4 Å². The number of aryl methyl sites for hydroxylation is 1. The summed E-state index contributed by atoms with van der Waals surface area (Å²) < 4.78 is 8.19. The Morgan fingerprint density at radius 2 is 2.25 bits per heavy atom. The van der Waals surface area contributed by atoms with Crippen molar-refractivity contribution in [2.24, 2.45) is 5.73 Å². The van der Waals surface area contributed by atoms with Crippen molar-refractivity contribution in [3.8, 4) is 0 Å². The molecular formula is C11H12N6O2S. The fraction of sp³-hybridized carbons (Fsp3) is 0.273. The van der Waals surface area contributed by atoms with Crippen LogP contribution in [0.1, 0.15) is 5.89 Å². The molecule has 0 saturated carbocycles. The summed E-state index contributed by atoms with van der Waals surface area (Å²) in [5.74, 6) is 1.01. The molecule has 0 aliphatic rings. The van der Waals surface area contributed by atoms with E-state index < -0.39 is 0 Å². The van der Waals surface area contributed by atoms with E-state index in [9.17, 15) is 4.79 Å². The third-order valence-electron chi connectivity index (χ3n) is 2.64. The molecule has 0 atom stereocenters. The summed E-state index contributed by atoms with van der Waals surface area (Å²) in [6.45, 7) is 0.685. The molecular weight excluding hydrogens is 280 g/mol. The number of hydrogen-bond acceptors (Lipinski definition) is 7. The molecule has 3 aromatic heterocycles. The number of pyridine rings is 1. The summed E-state index contributed by atoms with van der Waals surface area (Å²) in [5, 5.41) is 12.3. The molecule has 0 bridgehead atoms. The molecule has 0 saturated heterocycles. The predicted octanol–water partition coefficient (Wildman–Crippen LogP) is 0.130. The Morgan fingerprint density at radius 3 is 3.00 bits per heavy atom. The van der Waals surface area contributed by atoms with Gasteiger partial charge < -0.3 is 10.2 Å². The Labute approximate surface area is 117 Å². The van der Waals surface area contributed by atoms with Gasteiger partial charge in [0.2, 0.25) is 5.89 Å². The lowest BCUT2D eigenvalue weighted by Gasteiger charge is -1.96. The van der Waals surface area contributed by atoms with E-state index >= 15 is 0 Å². The van der Waals surface area contributed by atoms with Gasteiger partial charge in [0.15, 0.2) is 5.65 Å². The third-order valence-corrected chi connectivity index (χ3v) is 3.44. The second kappa shape index (κ2) is 5.47. The summed E-state index contributed by atoms with van der Waals surface area (Å²) >= 11 is 1.37. The van der Waals surface area contributed by atoms with Crippen LogP contribution >= 0.6 is 11.8 Å². The highest BCUT2D eigenvalue weighted by Crippen LogP contribution is 2.15. The number of nitrogens with two attached hydrogens (primary N) is 1. The Kier molecular flexibility index (Phi) is 3.52. The van der Waals surface area contributed by atoms with Gasteiger partial charge in [0, 0.05) is 11.9 Å². The van der Waals surface area contributed by atoms with Crippen LogP contribution in [0.2, 0.25) is 0 Å². The number of fused-ring (bicyclic) bond motifs is 1. The molecule has 0 aliphatic heterocycles. The van der Waals surface area contributed by atoms with Crippen molar-refractivity contribution < 1.29 is 4.42 Å². The van der Waals surface area contributed by atoms with Gasteiger partial charge in [-0.25, -0.2) is 9.48 Å². The standard InChI is InChI=1S/C11H12N6O2S/c12-7-9-13-14-10(19-9)20-6-5-17-11(18)16-4-2-1-3-8(16)15-17/h1-4H,5-7,12H2. The maximum absolute atomic E-state index is 12.0. The minimum absolute atomic E-state index is 0.158. The van der Waals surface area contributed by atoms with Crippen LogP contribution in [0.3, 0.4) is 0 Å². The quantitative estimate of drug-likeness (QED) is 0.666. The molecule has 0 fully saturated rings. The zero-order chi connectivity index (χ0) is 13.9. The van der Waals surface area contributed by atoms with Crippen molar-refractivity contribution >= 4 is 17.4 Å². The number of thioether (sulfide) groups is 1. The lowest BCUT2D eigenvalue weighted by atomic mass is 10.5. The lowest BCUT2D eigenvalue weighted by Crippen LogP contribution is -2.21. The van der Waals surface area contributed by atoms with E-state index in [4.69, 9.17) is 10.2 Å². The minimum Gasteiger partial charge on any atom is -0.415 e. The lowest BCUT2D eigenvalue weighted by molar-refractivity contribution is 0.414. The Bertz CT molecular complexity index is 776. The van der Waals surface area contributed by atoms with Crippen molar-refractivity contribution in [1.82, 2.24) is 24.4 Å². The molecule has 20 heavy (non-hydrogen) atoms. The summed E-state index contributed by atoms with van der Waals surface area (Å²) in [4.78, 5) is 12.0. The first-order valence-corrected chi connectivity index (χ1v) is 6.96. The van der Waals surface area contributed by atoms with Crippen molar-refractivity contribution in [2.75, 3.05) is 5.75 Å². The normalized spacial score (nSPS) is 11.2. The molecule has 8 nitrogen and oxygen atoms in total. The topological polar surface area (TPSA) is 104 Å². The number of rotatable bonds is 5. The first kappa shape index (κ1) is 12.9. The Hall–Kier alpha value is -2.13. The summed E-state index contributed by atoms with van der Waals surface area (Å²) in [7, 11) is 0. The molecule has 0 amide bonds. The van der Waals surface area contributed by atoms with E-state index in [1.54, 1.807) is 18.3 Å². The maximum Gasteiger partial charge on any atom is 0.350 e. The summed E-state index contributed by atoms with van der Waals surface area (Å²) in [6, 6.07) is 5.42. The van der Waals surface area contributed by atoms with E-state index in [1.807, 2.05) is 6.07 Å². The second-order valence-electron chi connectivity index (χ2n) is 3.95. The monoisotopic (exact) mass is 292 g/mol. The van der Waals surface area contributed by atoms with Crippen molar-refractivity contribution in [2.45, 2.75) is 18.3 Å². The average Bonchev–Trinajstić information content (AvgIpc) is 3.05. The highest BCUT2D eigenvalue weighted by molar-refractivity contribution is 7.99. The van der Waals surface area contributed by atoms with Crippen molar-refractivity contribution in [1.29, 1.82) is 0 Å². The van der Waals surface area contributed by atoms with Gasteiger partial charge in [0.05, 0.1) is 13.1 Å². The zero-order valence-corrected chi connectivity index (χ0v) is 11.3. The van der Waals surface area contributed by atoms with Gasteiger partial charge in [0.25, 0.3) is 5.22 Å². The predicted molar refractivity (Wildman–Crippen MR) is 72.4 cm³/mol. The van der Waals surface area contributed by atoms with Gasteiger partial charge in [-0.05, 0) is 12.1 Å². The Balaban J connectivity index is 1.68. The molecule has 0 aliphatic carbocycles. The van der Waals surface area contributed by atoms with Crippen molar-refractivity contribution in [3.05, 3.63) is 40.8 Å². The van der Waals surface area contributed by atoms with E-state index in [0.717, 1.165) is 0 Å². The maximum atomic E-state index is 12.0. The molecule has 2 N–H and O–H groups in total. The molecule has 104 valence electrons. The van der Waals surface area contributed by atoms with Gasteiger partial charge in [-0.2, -0.15) is 0 Å². The van der Waals surface area contributed by atoms with Crippen LogP contribution in [0.15, 0.2) is 38.8 Å². The smallest absolute Gasteiger partial charge is 0.350 e. The van der Waals surface area contributed by atoms with E-state index in [2.05, 4.69) is 15.3 Å². The first-order valence-electron chi connectivity index (χ1n) is 5.97. The minimum atomic E-state index is -0.158. The Morgan fingerprint density at radius 1 is 1.35 bits per heavy atom. The van der Waals surface area contributed by atoms with Gasteiger partial charge in [0.1, 0.15) is 0 Å². The van der Waals surface area contributed by atoms with E-state index in [1.165, 1.54) is 20.8 Å². The van der Waals surface area contributed by atoms with Crippen LogP contribution in [0, 0.1) is 0 Å². The van der Waals surface area contributed by atoms with Crippen LogP contribution in [0.4, 0.5) is 0 Å². The van der Waals surface area contributed by atoms with Gasteiger partial charge >= 0.3 is 5.69 Å². The van der Waals surface area contributed by atoms with Crippen LogP contribution in [-0.4, -0.2) is 30.1 Å². The molecule has 0 spiro atoms. The largest absolute Gasteiger partial charge is 0.415 e. The first-order chi connectivity index (χ1) is 9.78. The van der Waals surface area contributed by atoms with Gasteiger partial charge in [-0.15, -0.1) is 15.3 Å². The molecule has 3 aromatic rings. The molecule has 3 rings (SSSR count). The molecule has 0 unspecified atom stereocenters. The molecule has 9 heteroatoms. The fourth-order valence-electron chi connectivity index (χ4n) is 1.71. The van der Waals surface area contributed by atoms with Gasteiger partial charge in [-0.3, -0.25) is 4.40 Å². The fourth-order valence-corrected chi connectivity index (χ4v) is 2.40. The van der Waals surface area contributed by atoms with E-state index in [0.29, 0.717) is 29.1 Å². The zero-order valence-electron chi connectivity index (χ0n) is 10.5. The number of aromatic nitrogens is 5. The average molecular weight is 292 g/mol. The molecule has 3 heterocycles. The van der Waals surface area contributed by atoms with Gasteiger partial charge in [-0.1, -0.05) is 17.8 Å². The summed E-state index contributed by atoms with van der Waals surface area (Å²) in [6.07, 6.45) is 1.69. The summed E-state index contributed by atoms with van der Waals surface area (Å²) in [5.41, 5.74) is 5.85. The number of hydrogen-bond donors (Lipinski definition) is 1. The third kappa shape index (κ3) is 2.45. The highest BCUT2D eigenvalue weighted by Gasteiger charge is 2.08.